The number of hydrogen-bond acceptors (Lipinski definition) is 6. The molecule has 0 aliphatic carbocycles. The average molecular weight is 244 g/mol. The number of rotatable bonds is 4. The van der Waals surface area contributed by atoms with Gasteiger partial charge in [0.05, 0.1) is 0 Å². The molecule has 0 radical (unpaired) electrons. The molecule has 0 spiro atoms. The van der Waals surface area contributed by atoms with Crippen LogP contribution in [0.15, 0.2) is 36.7 Å². The summed E-state index contributed by atoms with van der Waals surface area (Å²) < 4.78 is 0. The van der Waals surface area contributed by atoms with Crippen LogP contribution >= 0.6 is 0 Å². The molecule has 94 valence electrons. The van der Waals surface area contributed by atoms with Gasteiger partial charge in [-0.1, -0.05) is 18.2 Å². The van der Waals surface area contributed by atoms with Crippen LogP contribution in [0.25, 0.3) is 0 Å². The Morgan fingerprint density at radius 2 is 1.72 bits per heavy atom. The maximum absolute atomic E-state index is 6.00. The molecular weight excluding hydrogens is 228 g/mol. The van der Waals surface area contributed by atoms with Crippen molar-refractivity contribution in [3.05, 3.63) is 36.7 Å². The monoisotopic (exact) mass is 244 g/mol. The SMILES string of the molecule is CN(C)Nc1ncnc(Nc2ccccc2)c1N. The summed E-state index contributed by atoms with van der Waals surface area (Å²) in [5.74, 6) is 1.16. The molecule has 0 amide bonds. The standard InChI is InChI=1S/C12H16N6/c1-18(2)17-12-10(13)11(14-8-15-12)16-9-6-4-3-5-7-9/h3-8H,13H2,1-2H3,(H2,14,15,16,17). The molecule has 2 aromatic rings. The van der Waals surface area contributed by atoms with E-state index in [4.69, 9.17) is 5.73 Å². The predicted octanol–water partition coefficient (Wildman–Crippen LogP) is 1.69. The molecule has 0 bridgehead atoms. The van der Waals surface area contributed by atoms with Crippen molar-refractivity contribution in [3.8, 4) is 0 Å². The average Bonchev–Trinajstić information content (AvgIpc) is 2.35. The summed E-state index contributed by atoms with van der Waals surface area (Å²) in [7, 11) is 3.73. The highest BCUT2D eigenvalue weighted by Crippen LogP contribution is 2.25. The molecule has 0 saturated carbocycles. The summed E-state index contributed by atoms with van der Waals surface area (Å²) in [6.07, 6.45) is 1.47. The summed E-state index contributed by atoms with van der Waals surface area (Å²) in [6, 6.07) is 9.73. The molecule has 1 aromatic heterocycles. The van der Waals surface area contributed by atoms with E-state index < -0.39 is 0 Å². The van der Waals surface area contributed by atoms with Crippen molar-refractivity contribution in [1.82, 2.24) is 15.0 Å². The zero-order valence-electron chi connectivity index (χ0n) is 10.4. The number of benzene rings is 1. The van der Waals surface area contributed by atoms with E-state index in [9.17, 15) is 0 Å². The predicted molar refractivity (Wildman–Crippen MR) is 73.5 cm³/mol. The van der Waals surface area contributed by atoms with E-state index >= 15 is 0 Å². The second kappa shape index (κ2) is 5.33. The van der Waals surface area contributed by atoms with Gasteiger partial charge in [-0.25, -0.2) is 15.0 Å². The lowest BCUT2D eigenvalue weighted by molar-refractivity contribution is 0.492. The molecule has 0 aliphatic heterocycles. The van der Waals surface area contributed by atoms with Gasteiger partial charge < -0.3 is 16.5 Å². The first-order chi connectivity index (χ1) is 8.66. The normalized spacial score (nSPS) is 10.4. The molecule has 0 unspecified atom stereocenters. The van der Waals surface area contributed by atoms with Gasteiger partial charge in [0.15, 0.2) is 11.6 Å². The van der Waals surface area contributed by atoms with E-state index in [1.165, 1.54) is 6.33 Å². The number of para-hydroxylation sites is 1. The van der Waals surface area contributed by atoms with Crippen LogP contribution in [0.5, 0.6) is 0 Å². The molecule has 2 rings (SSSR count). The number of nitrogens with one attached hydrogen (secondary N) is 2. The Morgan fingerprint density at radius 1 is 1.06 bits per heavy atom. The highest BCUT2D eigenvalue weighted by molar-refractivity contribution is 5.77. The van der Waals surface area contributed by atoms with Gasteiger partial charge in [0.25, 0.3) is 0 Å². The molecule has 0 fully saturated rings. The maximum Gasteiger partial charge on any atom is 0.169 e. The Hall–Kier alpha value is -2.34. The molecule has 0 aliphatic rings. The maximum atomic E-state index is 6.00. The van der Waals surface area contributed by atoms with Crippen LogP contribution in [0.2, 0.25) is 0 Å². The fourth-order valence-corrected chi connectivity index (χ4v) is 1.45. The van der Waals surface area contributed by atoms with E-state index in [0.717, 1.165) is 5.69 Å². The van der Waals surface area contributed by atoms with E-state index in [1.807, 2.05) is 44.4 Å². The van der Waals surface area contributed by atoms with Crippen LogP contribution in [0.4, 0.5) is 23.0 Å². The molecule has 6 heteroatoms. The van der Waals surface area contributed by atoms with Crippen LogP contribution in [-0.4, -0.2) is 29.1 Å². The lowest BCUT2D eigenvalue weighted by Crippen LogP contribution is -2.21. The van der Waals surface area contributed by atoms with Gasteiger partial charge in [-0.15, -0.1) is 0 Å². The number of anilines is 4. The van der Waals surface area contributed by atoms with Crippen molar-refractivity contribution < 1.29 is 0 Å². The minimum Gasteiger partial charge on any atom is -0.393 e. The van der Waals surface area contributed by atoms with E-state index in [1.54, 1.807) is 5.01 Å². The molecule has 0 saturated heterocycles. The van der Waals surface area contributed by atoms with Gasteiger partial charge in [0.2, 0.25) is 0 Å². The Morgan fingerprint density at radius 3 is 2.39 bits per heavy atom. The van der Waals surface area contributed by atoms with Crippen LogP contribution < -0.4 is 16.5 Å². The van der Waals surface area contributed by atoms with Gasteiger partial charge in [-0.3, -0.25) is 0 Å². The number of hydrogen-bond donors (Lipinski definition) is 3. The van der Waals surface area contributed by atoms with Crippen molar-refractivity contribution in [2.24, 2.45) is 0 Å². The summed E-state index contributed by atoms with van der Waals surface area (Å²) in [4.78, 5) is 8.23. The Balaban J connectivity index is 2.23. The van der Waals surface area contributed by atoms with Gasteiger partial charge in [0, 0.05) is 19.8 Å². The van der Waals surface area contributed by atoms with Gasteiger partial charge >= 0.3 is 0 Å². The van der Waals surface area contributed by atoms with Crippen LogP contribution in [-0.2, 0) is 0 Å². The number of hydrazine groups is 1. The summed E-state index contributed by atoms with van der Waals surface area (Å²) in [5.41, 5.74) is 10.4. The van der Waals surface area contributed by atoms with Crippen LogP contribution in [0.1, 0.15) is 0 Å². The third-order valence-corrected chi connectivity index (χ3v) is 2.25. The fraction of sp³-hybridized carbons (Fsp3) is 0.167. The third kappa shape index (κ3) is 2.86. The molecule has 1 heterocycles. The number of nitrogen functional groups attached to an aromatic ring is 1. The van der Waals surface area contributed by atoms with Crippen molar-refractivity contribution >= 4 is 23.0 Å². The van der Waals surface area contributed by atoms with Crippen molar-refractivity contribution in [2.45, 2.75) is 0 Å². The van der Waals surface area contributed by atoms with Crippen LogP contribution in [0, 0.1) is 0 Å². The second-order valence-electron chi connectivity index (χ2n) is 3.98. The zero-order valence-corrected chi connectivity index (χ0v) is 10.4. The lowest BCUT2D eigenvalue weighted by Gasteiger charge is -2.16. The zero-order chi connectivity index (χ0) is 13.0. The molecule has 4 N–H and O–H groups in total. The van der Waals surface area contributed by atoms with Gasteiger partial charge in [-0.2, -0.15) is 0 Å². The Kier molecular flexibility index (Phi) is 3.59. The van der Waals surface area contributed by atoms with E-state index in [-0.39, 0.29) is 0 Å². The minimum atomic E-state index is 0.482. The number of nitrogens with zero attached hydrogens (tertiary/aromatic N) is 3. The second-order valence-corrected chi connectivity index (χ2v) is 3.98. The van der Waals surface area contributed by atoms with Gasteiger partial charge in [-0.05, 0) is 12.1 Å². The summed E-state index contributed by atoms with van der Waals surface area (Å²) in [6.45, 7) is 0. The number of aromatic nitrogens is 2. The third-order valence-electron chi connectivity index (χ3n) is 2.25. The first-order valence-corrected chi connectivity index (χ1v) is 5.53. The highest BCUT2D eigenvalue weighted by atomic mass is 15.5. The van der Waals surface area contributed by atoms with Crippen molar-refractivity contribution in [2.75, 3.05) is 30.6 Å². The Bertz CT molecular complexity index is 511. The van der Waals surface area contributed by atoms with E-state index in [0.29, 0.717) is 17.3 Å². The van der Waals surface area contributed by atoms with Crippen molar-refractivity contribution in [3.63, 3.8) is 0 Å². The largest absolute Gasteiger partial charge is 0.393 e. The smallest absolute Gasteiger partial charge is 0.169 e. The molecular formula is C12H16N6. The molecule has 18 heavy (non-hydrogen) atoms. The number of nitrogens with two attached hydrogens (primary N) is 1. The molecule has 0 atom stereocenters. The quantitative estimate of drug-likeness (QED) is 0.710. The van der Waals surface area contributed by atoms with E-state index in [2.05, 4.69) is 20.7 Å². The van der Waals surface area contributed by atoms with Gasteiger partial charge in [0.1, 0.15) is 12.0 Å². The van der Waals surface area contributed by atoms with Crippen molar-refractivity contribution in [1.29, 1.82) is 0 Å². The Labute approximate surface area is 106 Å². The molecule has 6 nitrogen and oxygen atoms in total. The summed E-state index contributed by atoms with van der Waals surface area (Å²) >= 11 is 0. The summed E-state index contributed by atoms with van der Waals surface area (Å²) in [5, 5.41) is 4.92. The minimum absolute atomic E-state index is 0.482. The lowest BCUT2D eigenvalue weighted by atomic mass is 10.3. The first kappa shape index (κ1) is 12.1. The first-order valence-electron chi connectivity index (χ1n) is 5.53. The highest BCUT2D eigenvalue weighted by Gasteiger charge is 2.08. The molecule has 1 aromatic carbocycles. The fourth-order valence-electron chi connectivity index (χ4n) is 1.45. The van der Waals surface area contributed by atoms with Crippen LogP contribution in [0.3, 0.4) is 0 Å². The topological polar surface area (TPSA) is 79.1 Å².